The van der Waals surface area contributed by atoms with Gasteiger partial charge in [-0.15, -0.1) is 0 Å². The molecule has 5 rings (SSSR count). The van der Waals surface area contributed by atoms with Crippen molar-refractivity contribution in [3.63, 3.8) is 0 Å². The van der Waals surface area contributed by atoms with Crippen LogP contribution in [0.1, 0.15) is 27.4 Å². The van der Waals surface area contributed by atoms with Crippen molar-refractivity contribution >= 4 is 39.4 Å². The Labute approximate surface area is 206 Å². The molecule has 2 aliphatic rings. The number of carbonyl (C=O) groups is 2. The zero-order chi connectivity index (χ0) is 23.9. The highest BCUT2D eigenvalue weighted by molar-refractivity contribution is 9.10. The maximum atomic E-state index is 14.1. The number of anilines is 1. The molecule has 1 fully saturated rings. The normalized spacial score (nSPS) is 24.6. The van der Waals surface area contributed by atoms with Crippen LogP contribution in [0.25, 0.3) is 6.08 Å². The average Bonchev–Trinajstić information content (AvgIpc) is 3.20. The number of benzene rings is 3. The molecule has 0 N–H and O–H groups in total. The summed E-state index contributed by atoms with van der Waals surface area (Å²) in [6.07, 6.45) is 3.77. The first kappa shape index (κ1) is 22.1. The summed E-state index contributed by atoms with van der Waals surface area (Å²) in [6.45, 7) is 0. The molecular formula is C28H21BrN2O3. The Morgan fingerprint density at radius 3 is 2.35 bits per heavy atom. The number of para-hydroxylation sites is 1. The Kier molecular flexibility index (Phi) is 5.59. The molecule has 2 heterocycles. The van der Waals surface area contributed by atoms with Crippen molar-refractivity contribution in [1.82, 2.24) is 0 Å². The Morgan fingerprint density at radius 2 is 1.68 bits per heavy atom. The molecule has 2 aliphatic heterocycles. The fourth-order valence-corrected chi connectivity index (χ4v) is 5.62. The Bertz CT molecular complexity index is 1330. The van der Waals surface area contributed by atoms with Crippen LogP contribution in [0.15, 0.2) is 89.4 Å². The standard InChI is InChI=1S/C28H21BrN2O3/c1-34-27(33)28(17-30)23-16-13-18-7-5-6-10-22(18)31(23)25(26(32)20-8-3-2-4-9-20)24(28)19-11-14-21(29)15-12-19/h2-16,23-25H,1H3. The van der Waals surface area contributed by atoms with Gasteiger partial charge in [0.15, 0.2) is 11.2 Å². The van der Waals surface area contributed by atoms with Gasteiger partial charge in [-0.2, -0.15) is 5.26 Å². The third kappa shape index (κ3) is 3.19. The van der Waals surface area contributed by atoms with Gasteiger partial charge in [-0.25, -0.2) is 0 Å². The third-order valence-electron chi connectivity index (χ3n) is 6.81. The molecule has 5 nitrogen and oxygen atoms in total. The quantitative estimate of drug-likeness (QED) is 0.346. The van der Waals surface area contributed by atoms with E-state index >= 15 is 0 Å². The van der Waals surface area contributed by atoms with Crippen LogP contribution in [0.3, 0.4) is 0 Å². The fraction of sp³-hybridized carbons (Fsp3) is 0.179. The van der Waals surface area contributed by atoms with Gasteiger partial charge in [0.2, 0.25) is 0 Å². The van der Waals surface area contributed by atoms with E-state index in [1.54, 1.807) is 12.1 Å². The Morgan fingerprint density at radius 1 is 1.00 bits per heavy atom. The summed E-state index contributed by atoms with van der Waals surface area (Å²) in [6, 6.07) is 25.1. The number of Topliss-reactive ketones (excluding diaryl/α,β-unsaturated/α-hetero) is 1. The largest absolute Gasteiger partial charge is 0.468 e. The van der Waals surface area contributed by atoms with Crippen LogP contribution in [-0.4, -0.2) is 30.9 Å². The lowest BCUT2D eigenvalue weighted by molar-refractivity contribution is -0.150. The molecule has 0 spiro atoms. The molecule has 0 aliphatic carbocycles. The van der Waals surface area contributed by atoms with Crippen LogP contribution < -0.4 is 4.90 Å². The van der Waals surface area contributed by atoms with Gasteiger partial charge in [-0.05, 0) is 29.3 Å². The van der Waals surface area contributed by atoms with Crippen LogP contribution in [0.2, 0.25) is 0 Å². The van der Waals surface area contributed by atoms with Gasteiger partial charge in [0.1, 0.15) is 6.04 Å². The lowest BCUT2D eigenvalue weighted by atomic mass is 9.68. The predicted octanol–water partition coefficient (Wildman–Crippen LogP) is 5.38. The van der Waals surface area contributed by atoms with E-state index in [1.165, 1.54) is 7.11 Å². The summed E-state index contributed by atoms with van der Waals surface area (Å²) in [5.41, 5.74) is 1.37. The van der Waals surface area contributed by atoms with E-state index in [0.29, 0.717) is 5.56 Å². The monoisotopic (exact) mass is 512 g/mol. The molecule has 0 saturated carbocycles. The van der Waals surface area contributed by atoms with Gasteiger partial charge < -0.3 is 9.64 Å². The van der Waals surface area contributed by atoms with Crippen molar-refractivity contribution in [2.45, 2.75) is 18.0 Å². The summed E-state index contributed by atoms with van der Waals surface area (Å²) in [5.74, 6) is -1.55. The molecule has 0 amide bonds. The molecule has 4 unspecified atom stereocenters. The summed E-state index contributed by atoms with van der Waals surface area (Å²) in [4.78, 5) is 29.5. The highest BCUT2D eigenvalue weighted by atomic mass is 79.9. The minimum absolute atomic E-state index is 0.148. The molecule has 0 radical (unpaired) electrons. The van der Waals surface area contributed by atoms with Gasteiger partial charge in [-0.3, -0.25) is 9.59 Å². The smallest absolute Gasteiger partial charge is 0.329 e. The van der Waals surface area contributed by atoms with Gasteiger partial charge in [-0.1, -0.05) is 88.7 Å². The van der Waals surface area contributed by atoms with Crippen molar-refractivity contribution in [1.29, 1.82) is 5.26 Å². The highest BCUT2D eigenvalue weighted by Gasteiger charge is 2.67. The topological polar surface area (TPSA) is 70.4 Å². The van der Waals surface area contributed by atoms with E-state index in [-0.39, 0.29) is 5.78 Å². The van der Waals surface area contributed by atoms with Gasteiger partial charge >= 0.3 is 5.97 Å². The number of nitrogens with zero attached hydrogens (tertiary/aromatic N) is 2. The van der Waals surface area contributed by atoms with Crippen LogP contribution in [0.5, 0.6) is 0 Å². The van der Waals surface area contributed by atoms with Crippen molar-refractivity contribution in [3.05, 3.63) is 106 Å². The van der Waals surface area contributed by atoms with E-state index in [9.17, 15) is 14.9 Å². The molecule has 34 heavy (non-hydrogen) atoms. The van der Waals surface area contributed by atoms with E-state index in [0.717, 1.165) is 21.3 Å². The second-order valence-electron chi connectivity index (χ2n) is 8.45. The number of carbonyl (C=O) groups excluding carboxylic acids is 2. The maximum absolute atomic E-state index is 14.1. The summed E-state index contributed by atoms with van der Waals surface area (Å²) in [5, 5.41) is 10.6. The van der Waals surface area contributed by atoms with Crippen molar-refractivity contribution in [2.24, 2.45) is 5.41 Å². The van der Waals surface area contributed by atoms with E-state index in [1.807, 2.05) is 83.8 Å². The first-order valence-electron chi connectivity index (χ1n) is 10.9. The Balaban J connectivity index is 1.82. The minimum Gasteiger partial charge on any atom is -0.468 e. The summed E-state index contributed by atoms with van der Waals surface area (Å²) >= 11 is 3.46. The molecule has 3 aromatic carbocycles. The number of halogens is 1. The maximum Gasteiger partial charge on any atom is 0.329 e. The molecule has 6 heteroatoms. The fourth-order valence-electron chi connectivity index (χ4n) is 5.35. The zero-order valence-corrected chi connectivity index (χ0v) is 20.0. The second kappa shape index (κ2) is 8.58. The number of ether oxygens (including phenoxy) is 1. The molecule has 0 bridgehead atoms. The number of hydrogen-bond acceptors (Lipinski definition) is 5. The SMILES string of the molecule is COC(=O)C1(C#N)C(c2ccc(Br)cc2)C(C(=O)c2ccccc2)N2c3ccccc3C=CC21. The number of ketones is 1. The highest BCUT2D eigenvalue weighted by Crippen LogP contribution is 2.56. The van der Waals surface area contributed by atoms with Crippen LogP contribution in [0, 0.1) is 16.7 Å². The number of fused-ring (bicyclic) bond motifs is 3. The van der Waals surface area contributed by atoms with Gasteiger partial charge in [0.25, 0.3) is 0 Å². The van der Waals surface area contributed by atoms with Crippen molar-refractivity contribution < 1.29 is 14.3 Å². The zero-order valence-electron chi connectivity index (χ0n) is 18.4. The number of methoxy groups -OCH3 is 1. The third-order valence-corrected chi connectivity index (χ3v) is 7.34. The van der Waals surface area contributed by atoms with Gasteiger partial charge in [0, 0.05) is 21.6 Å². The average molecular weight is 513 g/mol. The first-order valence-corrected chi connectivity index (χ1v) is 11.7. The molecule has 0 aromatic heterocycles. The summed E-state index contributed by atoms with van der Waals surface area (Å²) in [7, 11) is 1.29. The van der Waals surface area contributed by atoms with Gasteiger partial charge in [0.05, 0.1) is 19.2 Å². The van der Waals surface area contributed by atoms with Crippen LogP contribution in [-0.2, 0) is 9.53 Å². The predicted molar refractivity (Wildman–Crippen MR) is 133 cm³/mol. The lowest BCUT2D eigenvalue weighted by Gasteiger charge is -2.36. The molecular weight excluding hydrogens is 492 g/mol. The number of nitriles is 1. The van der Waals surface area contributed by atoms with E-state index in [4.69, 9.17) is 4.74 Å². The number of rotatable bonds is 4. The van der Waals surface area contributed by atoms with Crippen LogP contribution in [0.4, 0.5) is 5.69 Å². The molecule has 4 atom stereocenters. The van der Waals surface area contributed by atoms with Crippen LogP contribution >= 0.6 is 15.9 Å². The first-order chi connectivity index (χ1) is 16.5. The number of hydrogen-bond donors (Lipinski definition) is 0. The van der Waals surface area contributed by atoms with E-state index < -0.39 is 29.4 Å². The minimum atomic E-state index is -1.62. The molecule has 3 aromatic rings. The number of esters is 1. The Hall–Kier alpha value is -3.69. The lowest BCUT2D eigenvalue weighted by Crippen LogP contribution is -2.46. The molecule has 168 valence electrons. The summed E-state index contributed by atoms with van der Waals surface area (Å²) < 4.78 is 6.10. The van der Waals surface area contributed by atoms with Crippen molar-refractivity contribution in [2.75, 3.05) is 12.0 Å². The second-order valence-corrected chi connectivity index (χ2v) is 9.36. The molecule has 1 saturated heterocycles. The van der Waals surface area contributed by atoms with E-state index in [2.05, 4.69) is 22.0 Å². The van der Waals surface area contributed by atoms with Crippen molar-refractivity contribution in [3.8, 4) is 6.07 Å².